The Balaban J connectivity index is 1.80. The van der Waals surface area contributed by atoms with Crippen LogP contribution in [0.3, 0.4) is 0 Å². The third-order valence-corrected chi connectivity index (χ3v) is 5.00. The van der Waals surface area contributed by atoms with Crippen LogP contribution in [0.15, 0.2) is 48.1 Å². The lowest BCUT2D eigenvalue weighted by atomic mass is 9.95. The molecular weight excluding hydrogens is 342 g/mol. The van der Waals surface area contributed by atoms with E-state index in [0.717, 1.165) is 28.2 Å². The van der Waals surface area contributed by atoms with E-state index in [-0.39, 0.29) is 5.91 Å². The number of benzene rings is 1. The van der Waals surface area contributed by atoms with Crippen molar-refractivity contribution < 1.29 is 4.79 Å². The summed E-state index contributed by atoms with van der Waals surface area (Å²) in [5.74, 6) is 0.428. The van der Waals surface area contributed by atoms with Gasteiger partial charge < -0.3 is 10.6 Å². The number of nitrogens with zero attached hydrogens (tertiary/aromatic N) is 5. The van der Waals surface area contributed by atoms with Crippen LogP contribution in [-0.4, -0.2) is 30.5 Å². The Hall–Kier alpha value is -3.42. The van der Waals surface area contributed by atoms with Gasteiger partial charge in [-0.1, -0.05) is 18.2 Å². The molecule has 1 aliphatic rings. The van der Waals surface area contributed by atoms with E-state index < -0.39 is 6.04 Å². The van der Waals surface area contributed by atoms with Crippen LogP contribution in [0.2, 0.25) is 0 Å². The number of fused-ring (bicyclic) bond motifs is 1. The summed E-state index contributed by atoms with van der Waals surface area (Å²) in [7, 11) is 1.88. The molecule has 27 heavy (non-hydrogen) atoms. The number of carbonyl (C=O) groups excluding carboxylic acids is 1. The van der Waals surface area contributed by atoms with Crippen molar-refractivity contribution in [1.82, 2.24) is 24.5 Å². The predicted molar refractivity (Wildman–Crippen MR) is 102 cm³/mol. The summed E-state index contributed by atoms with van der Waals surface area (Å²) < 4.78 is 3.52. The van der Waals surface area contributed by atoms with Gasteiger partial charge in [-0.15, -0.1) is 0 Å². The van der Waals surface area contributed by atoms with Crippen molar-refractivity contribution in [2.24, 2.45) is 7.05 Å². The number of allylic oxidation sites excluding steroid dienone is 1. The van der Waals surface area contributed by atoms with Crippen LogP contribution in [0.5, 0.6) is 0 Å². The van der Waals surface area contributed by atoms with Gasteiger partial charge in [0.15, 0.2) is 0 Å². The Morgan fingerprint density at radius 2 is 1.96 bits per heavy atom. The van der Waals surface area contributed by atoms with Crippen LogP contribution in [0.25, 0.3) is 0 Å². The average Bonchev–Trinajstić information content (AvgIpc) is 3.23. The zero-order chi connectivity index (χ0) is 19.1. The summed E-state index contributed by atoms with van der Waals surface area (Å²) in [5, 5.41) is 14.9. The molecule has 0 spiro atoms. The maximum Gasteiger partial charge on any atom is 0.255 e. The van der Waals surface area contributed by atoms with E-state index in [2.05, 4.69) is 25.8 Å². The largest absolute Gasteiger partial charge is 0.328 e. The van der Waals surface area contributed by atoms with Gasteiger partial charge in [0, 0.05) is 29.7 Å². The first-order chi connectivity index (χ1) is 13.0. The third kappa shape index (κ3) is 2.79. The molecule has 0 bridgehead atoms. The van der Waals surface area contributed by atoms with Gasteiger partial charge in [0.2, 0.25) is 5.95 Å². The topological polar surface area (TPSA) is 89.7 Å². The number of hydrogen-bond acceptors (Lipinski definition) is 5. The Morgan fingerprint density at radius 1 is 1.19 bits per heavy atom. The minimum Gasteiger partial charge on any atom is -0.328 e. The minimum atomic E-state index is -0.401. The summed E-state index contributed by atoms with van der Waals surface area (Å²) in [6.07, 6.45) is 3.27. The third-order valence-electron chi connectivity index (χ3n) is 5.00. The second kappa shape index (κ2) is 6.39. The number of aromatic nitrogens is 5. The molecule has 1 amide bonds. The number of aryl methyl sites for hydroxylation is 2. The molecule has 0 aliphatic carbocycles. The zero-order valence-electron chi connectivity index (χ0n) is 15.7. The molecule has 0 saturated carbocycles. The second-order valence-corrected chi connectivity index (χ2v) is 6.67. The van der Waals surface area contributed by atoms with Crippen molar-refractivity contribution in [1.29, 1.82) is 0 Å². The van der Waals surface area contributed by atoms with Gasteiger partial charge in [-0.25, -0.2) is 4.68 Å². The van der Waals surface area contributed by atoms with Gasteiger partial charge in [0.1, 0.15) is 12.4 Å². The molecule has 0 radical (unpaired) electrons. The molecule has 2 N–H and O–H groups in total. The molecule has 0 unspecified atom stereocenters. The molecule has 0 saturated heterocycles. The molecule has 2 aromatic heterocycles. The van der Waals surface area contributed by atoms with E-state index in [1.54, 1.807) is 15.6 Å². The smallest absolute Gasteiger partial charge is 0.255 e. The van der Waals surface area contributed by atoms with Crippen molar-refractivity contribution in [2.75, 3.05) is 10.6 Å². The van der Waals surface area contributed by atoms with Crippen LogP contribution in [0, 0.1) is 13.8 Å². The highest BCUT2D eigenvalue weighted by molar-refractivity contribution is 6.06. The number of anilines is 2. The Kier molecular flexibility index (Phi) is 4.02. The zero-order valence-corrected chi connectivity index (χ0v) is 15.7. The second-order valence-electron chi connectivity index (χ2n) is 6.67. The maximum absolute atomic E-state index is 13.3. The number of hydrogen-bond donors (Lipinski definition) is 2. The molecule has 8 nitrogen and oxygen atoms in total. The van der Waals surface area contributed by atoms with E-state index in [4.69, 9.17) is 0 Å². The summed E-state index contributed by atoms with van der Waals surface area (Å²) in [6, 6.07) is 7.31. The first-order valence-corrected chi connectivity index (χ1v) is 8.70. The van der Waals surface area contributed by atoms with Gasteiger partial charge in [-0.2, -0.15) is 15.2 Å². The van der Waals surface area contributed by atoms with Gasteiger partial charge in [-0.05, 0) is 32.4 Å². The fraction of sp³-hybridized carbons (Fsp3) is 0.263. The van der Waals surface area contributed by atoms with E-state index in [0.29, 0.717) is 11.5 Å². The fourth-order valence-corrected chi connectivity index (χ4v) is 3.36. The molecule has 0 fully saturated rings. The Morgan fingerprint density at radius 3 is 2.67 bits per heavy atom. The quantitative estimate of drug-likeness (QED) is 0.746. The summed E-state index contributed by atoms with van der Waals surface area (Å²) in [6.45, 7) is 5.82. The molecule has 3 heterocycles. The number of rotatable bonds is 3. The first-order valence-electron chi connectivity index (χ1n) is 8.70. The van der Waals surface area contributed by atoms with Crippen molar-refractivity contribution in [3.05, 3.63) is 64.9 Å². The van der Waals surface area contributed by atoms with Gasteiger partial charge in [-0.3, -0.25) is 9.48 Å². The van der Waals surface area contributed by atoms with Gasteiger partial charge >= 0.3 is 0 Å². The normalized spacial score (nSPS) is 16.1. The standard InChI is InChI=1S/C19H21N7O/c1-11-7-5-6-8-15(11)24-18(27)16-12(2)23-19-20-10-22-26(19)17(16)14-9-21-25(4)13(14)3/h5-10,17H,1-4H3,(H,24,27)(H,20,22,23)/t17-/m0/s1. The van der Waals surface area contributed by atoms with Crippen LogP contribution in [0.1, 0.15) is 29.8 Å². The number of carbonyl (C=O) groups is 1. The lowest BCUT2D eigenvalue weighted by Gasteiger charge is -2.28. The number of nitrogens with one attached hydrogen (secondary N) is 2. The van der Waals surface area contributed by atoms with Crippen LogP contribution in [-0.2, 0) is 11.8 Å². The molecule has 8 heteroatoms. The van der Waals surface area contributed by atoms with Crippen molar-refractivity contribution >= 4 is 17.5 Å². The minimum absolute atomic E-state index is 0.177. The average molecular weight is 363 g/mol. The van der Waals surface area contributed by atoms with E-state index >= 15 is 0 Å². The monoisotopic (exact) mass is 363 g/mol. The molecule has 4 rings (SSSR count). The molecular formula is C19H21N7O. The van der Waals surface area contributed by atoms with Crippen LogP contribution >= 0.6 is 0 Å². The summed E-state index contributed by atoms with van der Waals surface area (Å²) in [5.41, 5.74) is 5.01. The first kappa shape index (κ1) is 17.0. The van der Waals surface area contributed by atoms with Crippen LogP contribution in [0.4, 0.5) is 11.6 Å². The fourth-order valence-electron chi connectivity index (χ4n) is 3.36. The highest BCUT2D eigenvalue weighted by atomic mass is 16.1. The van der Waals surface area contributed by atoms with E-state index in [1.807, 2.05) is 52.1 Å². The van der Waals surface area contributed by atoms with Crippen molar-refractivity contribution in [2.45, 2.75) is 26.8 Å². The highest BCUT2D eigenvalue weighted by Gasteiger charge is 2.35. The predicted octanol–water partition coefficient (Wildman–Crippen LogP) is 2.56. The van der Waals surface area contributed by atoms with Gasteiger partial charge in [0.25, 0.3) is 5.91 Å². The number of para-hydroxylation sites is 1. The van der Waals surface area contributed by atoms with E-state index in [9.17, 15) is 4.79 Å². The molecule has 1 atom stereocenters. The van der Waals surface area contributed by atoms with Crippen molar-refractivity contribution in [3.63, 3.8) is 0 Å². The maximum atomic E-state index is 13.3. The lowest BCUT2D eigenvalue weighted by molar-refractivity contribution is -0.113. The summed E-state index contributed by atoms with van der Waals surface area (Å²) in [4.78, 5) is 17.5. The Bertz CT molecular complexity index is 1060. The van der Waals surface area contributed by atoms with Gasteiger partial charge in [0.05, 0.1) is 11.8 Å². The Labute approximate surface area is 156 Å². The molecule has 3 aromatic rings. The SMILES string of the molecule is CC1=C(C(=O)Nc2ccccc2C)[C@H](c2cnn(C)c2C)n2ncnc2N1. The van der Waals surface area contributed by atoms with Crippen LogP contribution < -0.4 is 10.6 Å². The van der Waals surface area contributed by atoms with E-state index in [1.165, 1.54) is 6.33 Å². The van der Waals surface area contributed by atoms with Crippen molar-refractivity contribution in [3.8, 4) is 0 Å². The highest BCUT2D eigenvalue weighted by Crippen LogP contribution is 2.36. The molecule has 1 aliphatic heterocycles. The number of amides is 1. The lowest BCUT2D eigenvalue weighted by Crippen LogP contribution is -2.31. The molecule has 138 valence electrons. The molecule has 1 aromatic carbocycles. The summed E-state index contributed by atoms with van der Waals surface area (Å²) >= 11 is 0.